The average Bonchev–Trinajstić information content (AvgIpc) is 3.66. The minimum atomic E-state index is -0.707. The Morgan fingerprint density at radius 1 is 0.195 bits per heavy atom. The first-order valence-electron chi connectivity index (χ1n) is 36.3. The van der Waals surface area contributed by atoms with Gasteiger partial charge in [0, 0.05) is 0 Å². The van der Waals surface area contributed by atoms with Crippen LogP contribution >= 0.6 is 0 Å². The van der Waals surface area contributed by atoms with Crippen LogP contribution in [0.5, 0.6) is 0 Å². The molecule has 0 saturated heterocycles. The van der Waals surface area contributed by atoms with Gasteiger partial charge in [-0.05, 0) is 37.8 Å². The monoisotopic (exact) mass is 1150 g/mol. The lowest BCUT2D eigenvalue weighted by molar-refractivity contribution is 0.0434. The van der Waals surface area contributed by atoms with Gasteiger partial charge in [0.25, 0.3) is 0 Å². The SMILES string of the molecule is CCCCCCCCCCCCCCCCOC(=O)c1cc(C(=O)OCCCCCCCCCCCCCCCC)c(C(=O)OCCCCCCCCCCCCCCCC)cc1C(=O)OCCCCCCCCCCCCCCCC. The Bertz CT molecular complexity index is 1360. The van der Waals surface area contributed by atoms with Gasteiger partial charge < -0.3 is 18.9 Å². The topological polar surface area (TPSA) is 105 Å². The molecule has 0 aromatic heterocycles. The molecule has 478 valence electrons. The largest absolute Gasteiger partial charge is 0.462 e. The maximum atomic E-state index is 14.0. The number of hydrogen-bond acceptors (Lipinski definition) is 8. The molecule has 0 aliphatic carbocycles. The standard InChI is InChI=1S/C74H134O8/c1-5-9-13-17-21-25-29-33-37-41-45-49-53-57-61-79-71(75)67-65-69(73(77)81-63-59-55-51-47-43-39-35-31-27-23-19-15-11-7-3)70(74(78)82-64-60-56-52-48-44-40-36-32-28-24-20-16-12-8-4)66-68(67)72(76)80-62-58-54-50-46-42-38-34-30-26-22-18-14-10-6-2/h65-66H,5-64H2,1-4H3. The number of hydrogen-bond donors (Lipinski definition) is 0. The summed E-state index contributed by atoms with van der Waals surface area (Å²) >= 11 is 0. The van der Waals surface area contributed by atoms with Crippen LogP contribution in [-0.4, -0.2) is 50.3 Å². The maximum absolute atomic E-state index is 14.0. The van der Waals surface area contributed by atoms with Gasteiger partial charge in [-0.25, -0.2) is 19.2 Å². The molecular formula is C74H134O8. The van der Waals surface area contributed by atoms with Crippen molar-refractivity contribution in [3.05, 3.63) is 34.4 Å². The second-order valence-corrected chi connectivity index (χ2v) is 24.9. The lowest BCUT2D eigenvalue weighted by Gasteiger charge is -2.15. The summed E-state index contributed by atoms with van der Waals surface area (Å²) in [5.41, 5.74) is -0.321. The Kier molecular flexibility index (Phi) is 57.5. The van der Waals surface area contributed by atoms with E-state index in [0.717, 1.165) is 51.4 Å². The van der Waals surface area contributed by atoms with Crippen molar-refractivity contribution in [2.45, 2.75) is 387 Å². The summed E-state index contributed by atoms with van der Waals surface area (Å²) in [5.74, 6) is -2.83. The molecule has 8 nitrogen and oxygen atoms in total. The van der Waals surface area contributed by atoms with Crippen LogP contribution in [-0.2, 0) is 18.9 Å². The third-order valence-electron chi connectivity index (χ3n) is 17.0. The van der Waals surface area contributed by atoms with Crippen LogP contribution in [0.25, 0.3) is 0 Å². The Morgan fingerprint density at radius 2 is 0.305 bits per heavy atom. The van der Waals surface area contributed by atoms with E-state index in [4.69, 9.17) is 18.9 Å². The summed E-state index contributed by atoms with van der Waals surface area (Å²) in [6, 6.07) is 2.65. The van der Waals surface area contributed by atoms with Crippen molar-refractivity contribution in [2.24, 2.45) is 0 Å². The van der Waals surface area contributed by atoms with Gasteiger partial charge in [0.15, 0.2) is 0 Å². The van der Waals surface area contributed by atoms with Crippen LogP contribution < -0.4 is 0 Å². The van der Waals surface area contributed by atoms with E-state index in [1.165, 1.54) is 295 Å². The van der Waals surface area contributed by atoms with Crippen LogP contribution in [0.4, 0.5) is 0 Å². The Balaban J connectivity index is 2.98. The van der Waals surface area contributed by atoms with Crippen LogP contribution in [0.3, 0.4) is 0 Å². The molecule has 1 aromatic carbocycles. The molecule has 0 radical (unpaired) electrons. The molecule has 0 N–H and O–H groups in total. The number of carbonyl (C=O) groups is 4. The van der Waals surface area contributed by atoms with Gasteiger partial charge in [0.05, 0.1) is 48.7 Å². The third kappa shape index (κ3) is 47.4. The molecule has 0 spiro atoms. The summed E-state index contributed by atoms with van der Waals surface area (Å²) in [5, 5.41) is 0. The second-order valence-electron chi connectivity index (χ2n) is 24.9. The highest BCUT2D eigenvalue weighted by atomic mass is 16.5. The first-order chi connectivity index (χ1) is 40.4. The zero-order valence-electron chi connectivity index (χ0n) is 54.8. The lowest BCUT2D eigenvalue weighted by Crippen LogP contribution is -2.21. The molecular weight excluding hydrogens is 1020 g/mol. The van der Waals surface area contributed by atoms with E-state index < -0.39 is 23.9 Å². The smallest absolute Gasteiger partial charge is 0.339 e. The normalized spacial score (nSPS) is 11.4. The first kappa shape index (κ1) is 77.1. The van der Waals surface area contributed by atoms with Gasteiger partial charge >= 0.3 is 23.9 Å². The van der Waals surface area contributed by atoms with E-state index in [1.807, 2.05) is 0 Å². The van der Waals surface area contributed by atoms with Crippen molar-refractivity contribution >= 4 is 23.9 Å². The van der Waals surface area contributed by atoms with Crippen molar-refractivity contribution in [2.75, 3.05) is 26.4 Å². The number of ether oxygens (including phenoxy) is 4. The Hall–Kier alpha value is -2.90. The highest BCUT2D eigenvalue weighted by molar-refractivity contribution is 6.10. The first-order valence-corrected chi connectivity index (χ1v) is 36.3. The van der Waals surface area contributed by atoms with Crippen LogP contribution in [0.2, 0.25) is 0 Å². The quantitative estimate of drug-likeness (QED) is 0.0361. The Labute approximate surface area is 507 Å². The van der Waals surface area contributed by atoms with Crippen molar-refractivity contribution in [1.29, 1.82) is 0 Å². The molecule has 0 fully saturated rings. The Morgan fingerprint density at radius 3 is 0.427 bits per heavy atom. The molecule has 82 heavy (non-hydrogen) atoms. The molecule has 0 unspecified atom stereocenters. The van der Waals surface area contributed by atoms with Crippen molar-refractivity contribution in [3.63, 3.8) is 0 Å². The van der Waals surface area contributed by atoms with E-state index >= 15 is 0 Å². The van der Waals surface area contributed by atoms with Gasteiger partial charge in [0.2, 0.25) is 0 Å². The van der Waals surface area contributed by atoms with Gasteiger partial charge in [-0.1, -0.05) is 362 Å². The molecule has 0 bridgehead atoms. The number of rotatable bonds is 64. The van der Waals surface area contributed by atoms with Gasteiger partial charge in [0.1, 0.15) is 0 Å². The number of carbonyl (C=O) groups excluding carboxylic acids is 4. The van der Waals surface area contributed by atoms with Crippen LogP contribution in [0.15, 0.2) is 12.1 Å². The highest BCUT2D eigenvalue weighted by Gasteiger charge is 2.29. The van der Waals surface area contributed by atoms with Crippen molar-refractivity contribution in [3.8, 4) is 0 Å². The predicted octanol–water partition coefficient (Wildman–Crippen LogP) is 24.2. The summed E-state index contributed by atoms with van der Waals surface area (Å²) in [4.78, 5) is 56.0. The van der Waals surface area contributed by atoms with E-state index in [0.29, 0.717) is 25.7 Å². The molecule has 1 rings (SSSR count). The highest BCUT2D eigenvalue weighted by Crippen LogP contribution is 2.24. The molecule has 0 saturated carbocycles. The summed E-state index contributed by atoms with van der Waals surface area (Å²) in [7, 11) is 0. The lowest BCUT2D eigenvalue weighted by atomic mass is 9.97. The molecule has 0 aliphatic heterocycles. The van der Waals surface area contributed by atoms with Gasteiger partial charge in [-0.2, -0.15) is 0 Å². The molecule has 0 amide bonds. The fourth-order valence-corrected chi connectivity index (χ4v) is 11.4. The maximum Gasteiger partial charge on any atom is 0.339 e. The predicted molar refractivity (Wildman–Crippen MR) is 349 cm³/mol. The number of benzene rings is 1. The van der Waals surface area contributed by atoms with Crippen molar-refractivity contribution in [1.82, 2.24) is 0 Å². The number of esters is 4. The summed E-state index contributed by atoms with van der Waals surface area (Å²) < 4.78 is 23.3. The zero-order chi connectivity index (χ0) is 59.3. The van der Waals surface area contributed by atoms with Crippen molar-refractivity contribution < 1.29 is 38.1 Å². The average molecular weight is 1150 g/mol. The second kappa shape index (κ2) is 61.2. The number of unbranched alkanes of at least 4 members (excludes halogenated alkanes) is 52. The van der Waals surface area contributed by atoms with Crippen LogP contribution in [0.1, 0.15) is 429 Å². The van der Waals surface area contributed by atoms with E-state index in [-0.39, 0.29) is 48.7 Å². The van der Waals surface area contributed by atoms with Gasteiger partial charge in [-0.15, -0.1) is 0 Å². The molecule has 0 aliphatic rings. The molecule has 1 aromatic rings. The molecule has 8 heteroatoms. The van der Waals surface area contributed by atoms with E-state index in [2.05, 4.69) is 27.7 Å². The zero-order valence-corrected chi connectivity index (χ0v) is 54.8. The minimum absolute atomic E-state index is 0.0803. The fourth-order valence-electron chi connectivity index (χ4n) is 11.4. The molecule has 0 atom stereocenters. The fraction of sp³-hybridized carbons (Fsp3) is 0.865. The minimum Gasteiger partial charge on any atom is -0.462 e. The van der Waals surface area contributed by atoms with E-state index in [1.54, 1.807) is 0 Å². The van der Waals surface area contributed by atoms with Crippen LogP contribution in [0, 0.1) is 0 Å². The van der Waals surface area contributed by atoms with Gasteiger partial charge in [-0.3, -0.25) is 0 Å². The third-order valence-corrected chi connectivity index (χ3v) is 17.0. The summed E-state index contributed by atoms with van der Waals surface area (Å²) in [6.07, 6.45) is 68.6. The molecule has 0 heterocycles. The summed E-state index contributed by atoms with van der Waals surface area (Å²) in [6.45, 7) is 9.87. The van der Waals surface area contributed by atoms with E-state index in [9.17, 15) is 19.2 Å².